The van der Waals surface area contributed by atoms with Crippen LogP contribution in [0.25, 0.3) is 0 Å². The Labute approximate surface area is 145 Å². The minimum Gasteiger partial charge on any atom is -0.409 e. The highest BCUT2D eigenvalue weighted by Gasteiger charge is 2.38. The molecule has 0 aliphatic rings. The molecule has 23 heavy (non-hydrogen) atoms. The summed E-state index contributed by atoms with van der Waals surface area (Å²) in [6, 6.07) is 0. The molecule has 0 aliphatic carbocycles. The summed E-state index contributed by atoms with van der Waals surface area (Å²) in [5.74, 6) is 6.57. The zero-order valence-electron chi connectivity index (χ0n) is 16.3. The number of methoxy groups -OCH3 is 1. The van der Waals surface area contributed by atoms with Crippen LogP contribution in [-0.4, -0.2) is 28.1 Å². The van der Waals surface area contributed by atoms with E-state index in [0.717, 1.165) is 12.8 Å². The first-order valence-electron chi connectivity index (χ1n) is 8.78. The van der Waals surface area contributed by atoms with Gasteiger partial charge in [-0.05, 0) is 36.7 Å². The summed E-state index contributed by atoms with van der Waals surface area (Å²) in [5.41, 5.74) is 3.18. The summed E-state index contributed by atoms with van der Waals surface area (Å²) in [6.07, 6.45) is 9.33. The molecule has 0 bridgehead atoms. The largest absolute Gasteiger partial charge is 0.409 e. The van der Waals surface area contributed by atoms with Crippen molar-refractivity contribution in [1.82, 2.24) is 0 Å². The summed E-state index contributed by atoms with van der Waals surface area (Å²) < 4.78 is 11.5. The van der Waals surface area contributed by atoms with Gasteiger partial charge in [0.1, 0.15) is 0 Å². The molecule has 3 heteroatoms. The molecule has 0 aromatic rings. The first-order valence-corrected chi connectivity index (χ1v) is 11.7. The van der Waals surface area contributed by atoms with Crippen LogP contribution in [0.3, 0.4) is 0 Å². The van der Waals surface area contributed by atoms with Crippen LogP contribution in [0.5, 0.6) is 0 Å². The van der Waals surface area contributed by atoms with Gasteiger partial charge in [0.2, 0.25) is 0 Å². The third-order valence-electron chi connectivity index (χ3n) is 4.24. The van der Waals surface area contributed by atoms with E-state index >= 15 is 0 Å². The number of ether oxygens (including phenoxy) is 1. The predicted molar refractivity (Wildman–Crippen MR) is 103 cm³/mol. The maximum Gasteiger partial charge on any atom is 0.192 e. The van der Waals surface area contributed by atoms with E-state index < -0.39 is 8.32 Å². The smallest absolute Gasteiger partial charge is 0.192 e. The van der Waals surface area contributed by atoms with Crippen LogP contribution >= 0.6 is 0 Å². The van der Waals surface area contributed by atoms with Crippen molar-refractivity contribution in [1.29, 1.82) is 0 Å². The molecule has 2 nitrogen and oxygen atoms in total. The molecule has 0 spiro atoms. The average molecular weight is 337 g/mol. The van der Waals surface area contributed by atoms with Crippen LogP contribution in [0.4, 0.5) is 0 Å². The van der Waals surface area contributed by atoms with Gasteiger partial charge in [-0.25, -0.2) is 0 Å². The van der Waals surface area contributed by atoms with E-state index in [-0.39, 0.29) is 11.1 Å². The van der Waals surface area contributed by atoms with Gasteiger partial charge in [-0.1, -0.05) is 40.5 Å². The molecule has 132 valence electrons. The van der Waals surface area contributed by atoms with E-state index in [4.69, 9.17) is 9.16 Å². The topological polar surface area (TPSA) is 18.5 Å². The second-order valence-corrected chi connectivity index (χ2v) is 12.2. The van der Waals surface area contributed by atoms with Gasteiger partial charge in [0.15, 0.2) is 8.32 Å². The zero-order chi connectivity index (χ0) is 17.8. The van der Waals surface area contributed by atoms with Gasteiger partial charge >= 0.3 is 0 Å². The van der Waals surface area contributed by atoms with Crippen LogP contribution in [0.1, 0.15) is 59.8 Å². The van der Waals surface area contributed by atoms with Crippen molar-refractivity contribution >= 4 is 8.32 Å². The van der Waals surface area contributed by atoms with E-state index in [9.17, 15) is 0 Å². The summed E-state index contributed by atoms with van der Waals surface area (Å²) >= 11 is 0. The lowest BCUT2D eigenvalue weighted by molar-refractivity contribution is 0.229. The molecule has 0 heterocycles. The van der Waals surface area contributed by atoms with E-state index in [1.807, 2.05) is 12.2 Å². The summed E-state index contributed by atoms with van der Waals surface area (Å²) in [6.45, 7) is 14.1. The number of hydrogen-bond acceptors (Lipinski definition) is 2. The average Bonchev–Trinajstić information content (AvgIpc) is 2.45. The first kappa shape index (κ1) is 22.2. The SMILES string of the molecule is CCCCCC#CC[C@@H](C=C=CCOC)O[Si](C)(C)C(C)(C)C. The Morgan fingerprint density at radius 3 is 2.39 bits per heavy atom. The molecule has 0 rings (SSSR count). The third-order valence-corrected chi connectivity index (χ3v) is 8.74. The fraction of sp³-hybridized carbons (Fsp3) is 0.750. The zero-order valence-corrected chi connectivity index (χ0v) is 17.3. The fourth-order valence-electron chi connectivity index (χ4n) is 1.72. The summed E-state index contributed by atoms with van der Waals surface area (Å²) in [5, 5.41) is 0.198. The highest BCUT2D eigenvalue weighted by atomic mass is 28.4. The highest BCUT2D eigenvalue weighted by molar-refractivity contribution is 6.74. The number of rotatable bonds is 9. The lowest BCUT2D eigenvalue weighted by Gasteiger charge is -2.38. The summed E-state index contributed by atoms with van der Waals surface area (Å²) in [4.78, 5) is 0. The Balaban J connectivity index is 4.79. The standard InChI is InChI=1S/C20H36O2Si/c1-8-9-10-11-12-13-16-19(17-14-15-18-21-5)22-23(6,7)20(2,3)4/h15,17,19H,8-11,16,18H2,1-7H3/t14?,19-/m0/s1. The van der Waals surface area contributed by atoms with E-state index in [1.54, 1.807) is 7.11 Å². The predicted octanol–water partition coefficient (Wildman–Crippen LogP) is 5.71. The van der Waals surface area contributed by atoms with E-state index in [0.29, 0.717) is 6.61 Å². The van der Waals surface area contributed by atoms with Gasteiger partial charge < -0.3 is 9.16 Å². The maximum atomic E-state index is 6.47. The van der Waals surface area contributed by atoms with Crippen molar-refractivity contribution in [3.63, 3.8) is 0 Å². The van der Waals surface area contributed by atoms with Crippen molar-refractivity contribution in [3.8, 4) is 11.8 Å². The van der Waals surface area contributed by atoms with Crippen LogP contribution in [0, 0.1) is 11.8 Å². The minimum atomic E-state index is -1.80. The van der Waals surface area contributed by atoms with Crippen molar-refractivity contribution in [2.24, 2.45) is 0 Å². The van der Waals surface area contributed by atoms with Gasteiger partial charge in [-0.3, -0.25) is 0 Å². The highest BCUT2D eigenvalue weighted by Crippen LogP contribution is 2.37. The quantitative estimate of drug-likeness (QED) is 0.232. The second kappa shape index (κ2) is 11.7. The molecule has 0 unspecified atom stereocenters. The summed E-state index contributed by atoms with van der Waals surface area (Å²) in [7, 11) is -0.118. The van der Waals surface area contributed by atoms with E-state index in [2.05, 4.69) is 58.4 Å². The normalized spacial score (nSPS) is 12.8. The molecule has 0 radical (unpaired) electrons. The Bertz CT molecular complexity index is 429. The molecular weight excluding hydrogens is 300 g/mol. The Morgan fingerprint density at radius 2 is 1.83 bits per heavy atom. The molecule has 0 aromatic carbocycles. The van der Waals surface area contributed by atoms with Crippen LogP contribution in [-0.2, 0) is 9.16 Å². The molecular formula is C20H36O2Si. The Kier molecular flexibility index (Phi) is 11.3. The fourth-order valence-corrected chi connectivity index (χ4v) is 2.98. The number of hydrogen-bond donors (Lipinski definition) is 0. The Hall–Kier alpha value is -0.783. The molecule has 0 saturated carbocycles. The molecule has 1 atom stereocenters. The maximum absolute atomic E-state index is 6.47. The van der Waals surface area contributed by atoms with Crippen molar-refractivity contribution in [2.75, 3.05) is 13.7 Å². The second-order valence-electron chi connectivity index (χ2n) is 7.42. The molecule has 0 saturated heterocycles. The molecule has 0 fully saturated rings. The van der Waals surface area contributed by atoms with Gasteiger partial charge in [0, 0.05) is 20.0 Å². The van der Waals surface area contributed by atoms with Gasteiger partial charge in [-0.15, -0.1) is 17.6 Å². The van der Waals surface area contributed by atoms with Crippen LogP contribution in [0.2, 0.25) is 18.1 Å². The lowest BCUT2D eigenvalue weighted by Crippen LogP contribution is -2.43. The van der Waals surface area contributed by atoms with Crippen LogP contribution < -0.4 is 0 Å². The van der Waals surface area contributed by atoms with Crippen molar-refractivity contribution in [2.45, 2.75) is 84.0 Å². The Morgan fingerprint density at radius 1 is 1.13 bits per heavy atom. The number of unbranched alkanes of at least 4 members (excludes halogenated alkanes) is 3. The molecule has 0 aromatic heterocycles. The van der Waals surface area contributed by atoms with Crippen molar-refractivity contribution < 1.29 is 9.16 Å². The van der Waals surface area contributed by atoms with Gasteiger partial charge in [0.25, 0.3) is 0 Å². The van der Waals surface area contributed by atoms with E-state index in [1.165, 1.54) is 19.3 Å². The molecule has 0 amide bonds. The van der Waals surface area contributed by atoms with Gasteiger partial charge in [0.05, 0.1) is 12.7 Å². The van der Waals surface area contributed by atoms with Crippen LogP contribution in [0.15, 0.2) is 17.9 Å². The molecule has 0 N–H and O–H groups in total. The minimum absolute atomic E-state index is 0.0164. The molecule has 0 aliphatic heterocycles. The van der Waals surface area contributed by atoms with Gasteiger partial charge in [-0.2, -0.15) is 0 Å². The first-order chi connectivity index (χ1) is 10.7. The third kappa shape index (κ3) is 10.6. The van der Waals surface area contributed by atoms with Crippen molar-refractivity contribution in [3.05, 3.63) is 17.9 Å². The monoisotopic (exact) mass is 336 g/mol. The lowest BCUT2D eigenvalue weighted by atomic mass is 10.2.